The van der Waals surface area contributed by atoms with Crippen LogP contribution in [0.1, 0.15) is 11.3 Å². The molecule has 2 aromatic rings. The van der Waals surface area contributed by atoms with Gasteiger partial charge in [0, 0.05) is 25.7 Å². The molecule has 0 saturated carbocycles. The van der Waals surface area contributed by atoms with Gasteiger partial charge in [0.05, 0.1) is 19.1 Å². The van der Waals surface area contributed by atoms with E-state index >= 15 is 0 Å². The van der Waals surface area contributed by atoms with E-state index in [2.05, 4.69) is 27.2 Å². The highest BCUT2D eigenvalue weighted by Crippen LogP contribution is 2.04. The van der Waals surface area contributed by atoms with E-state index < -0.39 is 6.09 Å². The normalized spacial score (nSPS) is 10.2. The third-order valence-electron chi connectivity index (χ3n) is 2.73. The fourth-order valence-electron chi connectivity index (χ4n) is 1.78. The van der Waals surface area contributed by atoms with Crippen LogP contribution in [-0.4, -0.2) is 29.3 Å². The van der Waals surface area contributed by atoms with Crippen molar-refractivity contribution < 1.29 is 9.53 Å². The highest BCUT2D eigenvalue weighted by atomic mass is 16.5. The molecular formula is C14H17N3O2. The Kier molecular flexibility index (Phi) is 4.55. The number of aromatic nitrogens is 2. The van der Waals surface area contributed by atoms with Crippen molar-refractivity contribution in [2.45, 2.75) is 13.0 Å². The van der Waals surface area contributed by atoms with Gasteiger partial charge in [-0.3, -0.25) is 0 Å². The van der Waals surface area contributed by atoms with Gasteiger partial charge in [-0.15, -0.1) is 0 Å². The molecule has 0 unspecified atom stereocenters. The summed E-state index contributed by atoms with van der Waals surface area (Å²) in [6, 6.07) is 10.2. The van der Waals surface area contributed by atoms with Gasteiger partial charge in [0.25, 0.3) is 0 Å². The van der Waals surface area contributed by atoms with Crippen LogP contribution in [0, 0.1) is 0 Å². The number of methoxy groups -OCH3 is 1. The predicted molar refractivity (Wildman–Crippen MR) is 71.9 cm³/mol. The number of carbonyl (C=O) groups excluding carboxylic acids is 1. The van der Waals surface area contributed by atoms with Gasteiger partial charge < -0.3 is 14.6 Å². The second-order valence-corrected chi connectivity index (χ2v) is 4.19. The zero-order valence-electron chi connectivity index (χ0n) is 10.9. The predicted octanol–water partition coefficient (Wildman–Crippen LogP) is 1.83. The summed E-state index contributed by atoms with van der Waals surface area (Å²) in [5.41, 5.74) is 2.19. The summed E-state index contributed by atoms with van der Waals surface area (Å²) >= 11 is 0. The van der Waals surface area contributed by atoms with Gasteiger partial charge in [0.1, 0.15) is 0 Å². The summed E-state index contributed by atoms with van der Waals surface area (Å²) in [7, 11) is 1.35. The number of carbonyl (C=O) groups is 1. The number of benzene rings is 1. The Bertz CT molecular complexity index is 522. The average Bonchev–Trinajstić information content (AvgIpc) is 2.87. The highest BCUT2D eigenvalue weighted by molar-refractivity contribution is 5.66. The lowest BCUT2D eigenvalue weighted by molar-refractivity contribution is 0.171. The van der Waals surface area contributed by atoms with E-state index in [0.717, 1.165) is 12.2 Å². The Labute approximate surface area is 112 Å². The minimum absolute atomic E-state index is 0.413. The van der Waals surface area contributed by atoms with Gasteiger partial charge >= 0.3 is 6.09 Å². The van der Waals surface area contributed by atoms with E-state index in [1.165, 1.54) is 12.7 Å². The molecule has 0 fully saturated rings. The maximum Gasteiger partial charge on any atom is 0.406 e. The number of hydrogen-bond acceptors (Lipinski definition) is 3. The van der Waals surface area contributed by atoms with Crippen molar-refractivity contribution in [1.82, 2.24) is 14.9 Å². The summed E-state index contributed by atoms with van der Waals surface area (Å²) in [4.78, 5) is 15.2. The van der Waals surface area contributed by atoms with Crippen LogP contribution in [0.2, 0.25) is 0 Å². The molecule has 0 aliphatic heterocycles. The van der Waals surface area contributed by atoms with E-state index in [1.807, 2.05) is 29.0 Å². The Morgan fingerprint density at radius 1 is 1.37 bits per heavy atom. The minimum Gasteiger partial charge on any atom is -0.453 e. The monoisotopic (exact) mass is 259 g/mol. The van der Waals surface area contributed by atoms with Gasteiger partial charge in [-0.1, -0.05) is 30.3 Å². The number of ether oxygens (including phenoxy) is 1. The molecule has 100 valence electrons. The van der Waals surface area contributed by atoms with E-state index in [9.17, 15) is 4.79 Å². The van der Waals surface area contributed by atoms with Crippen molar-refractivity contribution in [2.75, 3.05) is 13.7 Å². The molecule has 0 bridgehead atoms. The first-order valence-electron chi connectivity index (χ1n) is 6.14. The van der Waals surface area contributed by atoms with Crippen LogP contribution < -0.4 is 5.32 Å². The third kappa shape index (κ3) is 4.13. The smallest absolute Gasteiger partial charge is 0.406 e. The molecule has 0 saturated heterocycles. The molecule has 2 rings (SSSR count). The SMILES string of the molecule is COC(=O)NCCc1cn(Cc2ccccc2)cn1. The number of amides is 1. The van der Waals surface area contributed by atoms with E-state index in [4.69, 9.17) is 0 Å². The molecule has 1 heterocycles. The molecule has 1 aromatic carbocycles. The number of rotatable bonds is 5. The third-order valence-corrected chi connectivity index (χ3v) is 2.73. The second-order valence-electron chi connectivity index (χ2n) is 4.19. The fraction of sp³-hybridized carbons (Fsp3) is 0.286. The molecule has 5 heteroatoms. The second kappa shape index (κ2) is 6.58. The molecule has 0 aliphatic carbocycles. The van der Waals surface area contributed by atoms with Crippen molar-refractivity contribution in [3.05, 3.63) is 54.1 Å². The van der Waals surface area contributed by atoms with Crippen molar-refractivity contribution in [3.8, 4) is 0 Å². The van der Waals surface area contributed by atoms with Crippen LogP contribution in [0.4, 0.5) is 4.79 Å². The molecule has 0 radical (unpaired) electrons. The summed E-state index contributed by atoms with van der Waals surface area (Å²) in [5, 5.41) is 2.63. The zero-order chi connectivity index (χ0) is 13.5. The Hall–Kier alpha value is -2.30. The van der Waals surface area contributed by atoms with Gasteiger partial charge in [0.15, 0.2) is 0 Å². The maximum atomic E-state index is 10.9. The minimum atomic E-state index is -0.413. The van der Waals surface area contributed by atoms with Crippen LogP contribution in [0.25, 0.3) is 0 Å². The molecule has 0 aliphatic rings. The first-order chi connectivity index (χ1) is 9.28. The highest BCUT2D eigenvalue weighted by Gasteiger charge is 2.02. The molecule has 0 atom stereocenters. The first kappa shape index (κ1) is 13.1. The molecule has 0 spiro atoms. The zero-order valence-corrected chi connectivity index (χ0v) is 10.9. The lowest BCUT2D eigenvalue weighted by Crippen LogP contribution is -2.25. The molecule has 5 nitrogen and oxygen atoms in total. The van der Waals surface area contributed by atoms with Gasteiger partial charge in [0.2, 0.25) is 0 Å². The summed E-state index contributed by atoms with van der Waals surface area (Å²) < 4.78 is 6.53. The first-order valence-corrected chi connectivity index (χ1v) is 6.14. The summed E-state index contributed by atoms with van der Waals surface area (Å²) in [6.07, 6.45) is 4.08. The van der Waals surface area contributed by atoms with Crippen molar-refractivity contribution in [1.29, 1.82) is 0 Å². The van der Waals surface area contributed by atoms with Crippen molar-refractivity contribution >= 4 is 6.09 Å². The lowest BCUT2D eigenvalue weighted by atomic mass is 10.2. The quantitative estimate of drug-likeness (QED) is 0.891. The number of nitrogens with zero attached hydrogens (tertiary/aromatic N) is 2. The number of alkyl carbamates (subject to hydrolysis) is 1. The van der Waals surface area contributed by atoms with Crippen LogP contribution in [0.15, 0.2) is 42.9 Å². The largest absolute Gasteiger partial charge is 0.453 e. The standard InChI is InChI=1S/C14H17N3O2/c1-19-14(18)15-8-7-13-10-17(11-16-13)9-12-5-3-2-4-6-12/h2-6,10-11H,7-9H2,1H3,(H,15,18). The Balaban J connectivity index is 1.84. The van der Waals surface area contributed by atoms with Crippen LogP contribution in [0.3, 0.4) is 0 Å². The number of imidazole rings is 1. The van der Waals surface area contributed by atoms with Gasteiger partial charge in [-0.2, -0.15) is 0 Å². The van der Waals surface area contributed by atoms with Gasteiger partial charge in [-0.05, 0) is 5.56 Å². The summed E-state index contributed by atoms with van der Waals surface area (Å²) in [6.45, 7) is 1.33. The lowest BCUT2D eigenvalue weighted by Gasteiger charge is -2.02. The van der Waals surface area contributed by atoms with E-state index in [1.54, 1.807) is 6.33 Å². The topological polar surface area (TPSA) is 56.1 Å². The van der Waals surface area contributed by atoms with Crippen LogP contribution in [-0.2, 0) is 17.7 Å². The van der Waals surface area contributed by atoms with Crippen LogP contribution in [0.5, 0.6) is 0 Å². The van der Waals surface area contributed by atoms with Crippen LogP contribution >= 0.6 is 0 Å². The molecule has 1 N–H and O–H groups in total. The van der Waals surface area contributed by atoms with Crippen molar-refractivity contribution in [3.63, 3.8) is 0 Å². The van der Waals surface area contributed by atoms with Gasteiger partial charge in [-0.25, -0.2) is 9.78 Å². The Morgan fingerprint density at radius 3 is 2.89 bits per heavy atom. The molecular weight excluding hydrogens is 242 g/mol. The summed E-state index contributed by atoms with van der Waals surface area (Å²) in [5.74, 6) is 0. The number of hydrogen-bond donors (Lipinski definition) is 1. The van der Waals surface area contributed by atoms with E-state index in [-0.39, 0.29) is 0 Å². The van der Waals surface area contributed by atoms with Crippen molar-refractivity contribution in [2.24, 2.45) is 0 Å². The maximum absolute atomic E-state index is 10.9. The average molecular weight is 259 g/mol. The molecule has 1 amide bonds. The molecule has 19 heavy (non-hydrogen) atoms. The molecule has 1 aromatic heterocycles. The number of nitrogens with one attached hydrogen (secondary N) is 1. The Morgan fingerprint density at radius 2 is 2.16 bits per heavy atom. The fourth-order valence-corrected chi connectivity index (χ4v) is 1.78. The van der Waals surface area contributed by atoms with E-state index in [0.29, 0.717) is 13.0 Å².